The van der Waals surface area contributed by atoms with E-state index < -0.39 is 9.71 Å². The zero-order valence-electron chi connectivity index (χ0n) is 18.4. The second-order valence-corrected chi connectivity index (χ2v) is 10.4. The predicted molar refractivity (Wildman–Crippen MR) is 128 cm³/mol. The van der Waals surface area contributed by atoms with Gasteiger partial charge in [-0.2, -0.15) is 0 Å². The minimum atomic E-state index is -2.42. The van der Waals surface area contributed by atoms with Crippen molar-refractivity contribution in [1.29, 1.82) is 0 Å². The number of fused-ring (bicyclic) bond motifs is 1. The highest BCUT2D eigenvalue weighted by molar-refractivity contribution is 8.00. The fraction of sp³-hybridized carbons (Fsp3) is 0.348. The lowest BCUT2D eigenvalue weighted by Gasteiger charge is -2.22. The third kappa shape index (κ3) is 4.94. The van der Waals surface area contributed by atoms with E-state index in [9.17, 15) is 8.60 Å². The molecule has 0 amide bonds. The molecule has 2 N–H and O–H groups in total. The summed E-state index contributed by atoms with van der Waals surface area (Å²) in [6.07, 6.45) is 5.62. The Hall–Kier alpha value is -2.91. The smallest absolute Gasteiger partial charge is 0.146 e. The van der Waals surface area contributed by atoms with Gasteiger partial charge in [0.25, 0.3) is 0 Å². The number of nitrogens with one attached hydrogen (secondary N) is 2. The second-order valence-electron chi connectivity index (χ2n) is 8.14. The molecule has 1 aliphatic rings. The summed E-state index contributed by atoms with van der Waals surface area (Å²) >= 11 is 0. The molecule has 3 unspecified atom stereocenters. The normalized spacial score (nSPS) is 20.1. The number of halogens is 1. The van der Waals surface area contributed by atoms with Crippen LogP contribution in [0.3, 0.4) is 0 Å². The largest absolute Gasteiger partial charge is 0.485 e. The average Bonchev–Trinajstić information content (AvgIpc) is 3.15. The van der Waals surface area contributed by atoms with Gasteiger partial charge in [0.1, 0.15) is 29.8 Å². The third-order valence-corrected chi connectivity index (χ3v) is 6.11. The number of aryl methyl sites for hydroxylation is 1. The molecule has 9 heteroatoms. The fourth-order valence-electron chi connectivity index (χ4n) is 4.08. The summed E-state index contributed by atoms with van der Waals surface area (Å²) in [4.78, 5) is 8.77. The molecule has 0 aliphatic heterocycles. The topological polar surface area (TPSA) is 85.4 Å². The van der Waals surface area contributed by atoms with E-state index in [1.54, 1.807) is 19.2 Å². The van der Waals surface area contributed by atoms with Crippen molar-refractivity contribution in [2.75, 3.05) is 23.4 Å². The Morgan fingerprint density at radius 2 is 1.97 bits per heavy atom. The van der Waals surface area contributed by atoms with Gasteiger partial charge < -0.3 is 19.5 Å². The molecular weight excluding hydrogens is 431 g/mol. The van der Waals surface area contributed by atoms with Gasteiger partial charge in [-0.05, 0) is 61.9 Å². The number of anilines is 3. The zero-order valence-corrected chi connectivity index (χ0v) is 19.2. The number of aromatic nitrogens is 2. The van der Waals surface area contributed by atoms with Crippen LogP contribution in [0.1, 0.15) is 24.8 Å². The fourth-order valence-corrected chi connectivity index (χ4v) is 4.70. The summed E-state index contributed by atoms with van der Waals surface area (Å²) in [5, 5.41) is 4.09. The van der Waals surface area contributed by atoms with Crippen LogP contribution in [0.5, 0.6) is 5.75 Å². The highest BCUT2D eigenvalue weighted by atomic mass is 32.2. The number of nitrogens with zero attached hydrogens (tertiary/aromatic N) is 2. The molecular formula is C23H27FN4O3S. The van der Waals surface area contributed by atoms with Crippen molar-refractivity contribution >= 4 is 43.7 Å². The molecule has 1 fully saturated rings. The van der Waals surface area contributed by atoms with Crippen LogP contribution in [-0.2, 0) is 14.4 Å². The third-order valence-electron chi connectivity index (χ3n) is 5.44. The van der Waals surface area contributed by atoms with Crippen molar-refractivity contribution in [2.45, 2.75) is 38.4 Å². The number of ether oxygens (including phenoxy) is 2. The molecule has 0 spiro atoms. The van der Waals surface area contributed by atoms with Crippen molar-refractivity contribution < 1.29 is 18.1 Å². The highest BCUT2D eigenvalue weighted by Gasteiger charge is 2.29. The highest BCUT2D eigenvalue weighted by Crippen LogP contribution is 2.35. The molecule has 1 aliphatic carbocycles. The summed E-state index contributed by atoms with van der Waals surface area (Å²) in [5.41, 5.74) is 2.83. The molecule has 7 nitrogen and oxygen atoms in total. The summed E-state index contributed by atoms with van der Waals surface area (Å²) in [6.45, 7) is 1.92. The van der Waals surface area contributed by atoms with Crippen LogP contribution in [0.4, 0.5) is 21.6 Å². The van der Waals surface area contributed by atoms with E-state index in [0.29, 0.717) is 28.5 Å². The first-order chi connectivity index (χ1) is 15.2. The number of rotatable bonds is 7. The minimum Gasteiger partial charge on any atom is -0.485 e. The Labute approximate surface area is 187 Å². The van der Waals surface area contributed by atoms with E-state index in [1.165, 1.54) is 24.7 Å². The number of methoxy groups -OCH3 is 1. The Morgan fingerprint density at radius 3 is 2.72 bits per heavy atom. The summed E-state index contributed by atoms with van der Waals surface area (Å²) in [5.74, 6) is 4.23. The Kier molecular flexibility index (Phi) is 6.21. The van der Waals surface area contributed by atoms with Gasteiger partial charge in [-0.15, -0.1) is 0 Å². The van der Waals surface area contributed by atoms with E-state index in [0.717, 1.165) is 30.2 Å². The quantitative estimate of drug-likeness (QED) is 0.509. The van der Waals surface area contributed by atoms with Gasteiger partial charge in [-0.25, -0.2) is 18.6 Å². The molecule has 3 atom stereocenters. The molecule has 170 valence electrons. The van der Waals surface area contributed by atoms with Crippen LogP contribution in [0.15, 0.2) is 36.7 Å². The van der Waals surface area contributed by atoms with Crippen molar-refractivity contribution in [3.63, 3.8) is 0 Å². The number of hydrogen-bond acceptors (Lipinski definition) is 6. The van der Waals surface area contributed by atoms with E-state index in [2.05, 4.69) is 25.9 Å². The van der Waals surface area contributed by atoms with Crippen molar-refractivity contribution in [3.05, 3.63) is 48.0 Å². The van der Waals surface area contributed by atoms with Crippen molar-refractivity contribution in [2.24, 2.45) is 0 Å². The molecule has 1 heterocycles. The van der Waals surface area contributed by atoms with Crippen molar-refractivity contribution in [3.8, 4) is 5.75 Å². The lowest BCUT2D eigenvalue weighted by atomic mass is 10.1. The van der Waals surface area contributed by atoms with Gasteiger partial charge in [-0.3, -0.25) is 0 Å². The molecule has 2 aromatic carbocycles. The summed E-state index contributed by atoms with van der Waals surface area (Å²) in [7, 11) is -0.752. The SMILES string of the molecule is C=S(C)(=O)Nc1cc(C)c2c(Nc3ccc(F)cc3OC3CCCC3OC)ncnc2c1. The summed E-state index contributed by atoms with van der Waals surface area (Å²) in [6, 6.07) is 8.05. The van der Waals surface area contributed by atoms with E-state index in [1.807, 2.05) is 13.0 Å². The number of hydrogen-bond donors (Lipinski definition) is 2. The maximum absolute atomic E-state index is 14.0. The minimum absolute atomic E-state index is 0.0129. The molecule has 1 saturated carbocycles. The van der Waals surface area contributed by atoms with E-state index in [-0.39, 0.29) is 18.0 Å². The van der Waals surface area contributed by atoms with Crippen molar-refractivity contribution in [1.82, 2.24) is 9.97 Å². The van der Waals surface area contributed by atoms with Crippen LogP contribution in [0, 0.1) is 12.7 Å². The molecule has 0 saturated heterocycles. The molecule has 0 bridgehead atoms. The first kappa shape index (κ1) is 22.3. The standard InChI is InChI=1S/C23H27FN4O3S/c1-14-10-16(28-32(3,4)29)12-18-22(14)23(26-13-25-18)27-17-9-8-15(24)11-21(17)31-20-7-5-6-19(20)30-2/h8-13,19-20H,3,5-7H2,1-2,4H3,(H,28,29)(H,25,26,27). The van der Waals surface area contributed by atoms with Crippen LogP contribution >= 0.6 is 0 Å². The van der Waals surface area contributed by atoms with Crippen LogP contribution in [0.2, 0.25) is 0 Å². The first-order valence-electron chi connectivity index (χ1n) is 10.3. The lowest BCUT2D eigenvalue weighted by Crippen LogP contribution is -2.28. The zero-order chi connectivity index (χ0) is 22.9. The second kappa shape index (κ2) is 8.91. The summed E-state index contributed by atoms with van der Waals surface area (Å²) < 4.78 is 40.7. The molecule has 1 aromatic heterocycles. The average molecular weight is 459 g/mol. The Bertz CT molecular complexity index is 1250. The van der Waals surface area contributed by atoms with Crippen LogP contribution < -0.4 is 14.8 Å². The lowest BCUT2D eigenvalue weighted by molar-refractivity contribution is 0.0231. The van der Waals surface area contributed by atoms with Gasteiger partial charge in [0.2, 0.25) is 0 Å². The van der Waals surface area contributed by atoms with Gasteiger partial charge in [0.15, 0.2) is 0 Å². The molecule has 0 radical (unpaired) electrons. The molecule has 3 aromatic rings. The van der Waals surface area contributed by atoms with Crippen LogP contribution in [0.25, 0.3) is 10.9 Å². The maximum Gasteiger partial charge on any atom is 0.146 e. The molecule has 32 heavy (non-hydrogen) atoms. The van der Waals surface area contributed by atoms with Gasteiger partial charge in [0.05, 0.1) is 17.3 Å². The number of benzene rings is 2. The predicted octanol–water partition coefficient (Wildman–Crippen LogP) is 4.44. The van der Waals surface area contributed by atoms with E-state index in [4.69, 9.17) is 9.47 Å². The Balaban J connectivity index is 1.69. The van der Waals surface area contributed by atoms with E-state index >= 15 is 0 Å². The van der Waals surface area contributed by atoms with Crippen LogP contribution in [-0.4, -0.2) is 45.6 Å². The Morgan fingerprint density at radius 1 is 1.19 bits per heavy atom. The van der Waals surface area contributed by atoms with Gasteiger partial charge in [0, 0.05) is 40.2 Å². The molecule has 4 rings (SSSR count). The van der Waals surface area contributed by atoms with Gasteiger partial charge >= 0.3 is 0 Å². The maximum atomic E-state index is 14.0. The monoisotopic (exact) mass is 458 g/mol. The first-order valence-corrected chi connectivity index (χ1v) is 12.5. The van der Waals surface area contributed by atoms with Gasteiger partial charge in [-0.1, -0.05) is 0 Å².